The molecule has 1 fully saturated rings. The summed E-state index contributed by atoms with van der Waals surface area (Å²) in [6.45, 7) is 6.83. The molecule has 2 aromatic carbocycles. The van der Waals surface area contributed by atoms with Crippen molar-refractivity contribution in [3.63, 3.8) is 0 Å². The lowest BCUT2D eigenvalue weighted by molar-refractivity contribution is 0.338. The molecule has 0 N–H and O–H groups in total. The highest BCUT2D eigenvalue weighted by atomic mass is 35.5. The molecule has 1 heteroatoms. The minimum Gasteiger partial charge on any atom is -0.0986 e. The Kier molecular flexibility index (Phi) is 3.20. The van der Waals surface area contributed by atoms with Crippen LogP contribution in [0.4, 0.5) is 0 Å². The fraction of sp³-hybridized carbons (Fsp3) is 0.333. The maximum Gasteiger partial charge on any atom is 0.0487 e. The van der Waals surface area contributed by atoms with E-state index in [1.54, 1.807) is 0 Å². The van der Waals surface area contributed by atoms with Crippen molar-refractivity contribution in [3.05, 3.63) is 70.8 Å². The molecule has 0 saturated heterocycles. The van der Waals surface area contributed by atoms with Crippen LogP contribution in [0.2, 0.25) is 5.02 Å². The highest BCUT2D eigenvalue weighted by molar-refractivity contribution is 6.34. The third-order valence-corrected chi connectivity index (χ3v) is 6.09. The van der Waals surface area contributed by atoms with Crippen LogP contribution in [0.15, 0.2) is 54.6 Å². The fourth-order valence-electron chi connectivity index (χ4n) is 4.59. The van der Waals surface area contributed by atoms with Crippen molar-refractivity contribution in [2.75, 3.05) is 0 Å². The second-order valence-electron chi connectivity index (χ2n) is 6.73. The summed E-state index contributed by atoms with van der Waals surface area (Å²) in [5.74, 6) is 0.786. The molecule has 0 radical (unpaired) electrons. The minimum atomic E-state index is -0.0114. The summed E-state index contributed by atoms with van der Waals surface area (Å²) in [7, 11) is 0. The van der Waals surface area contributed by atoms with E-state index in [-0.39, 0.29) is 5.41 Å². The van der Waals surface area contributed by atoms with Crippen LogP contribution in [-0.4, -0.2) is 0 Å². The van der Waals surface area contributed by atoms with Crippen LogP contribution in [0.25, 0.3) is 11.1 Å². The maximum absolute atomic E-state index is 6.57. The first-order valence-corrected chi connectivity index (χ1v) is 8.63. The number of allylic oxidation sites excluding steroid dienone is 1. The van der Waals surface area contributed by atoms with E-state index in [1.165, 1.54) is 40.7 Å². The van der Waals surface area contributed by atoms with Crippen LogP contribution in [0.5, 0.6) is 0 Å². The Morgan fingerprint density at radius 1 is 1.14 bits per heavy atom. The average Bonchev–Trinajstić information content (AvgIpc) is 2.83. The molecular formula is C21H21Cl. The van der Waals surface area contributed by atoms with Gasteiger partial charge in [-0.05, 0) is 47.9 Å². The monoisotopic (exact) mass is 308 g/mol. The van der Waals surface area contributed by atoms with Gasteiger partial charge in [0, 0.05) is 16.0 Å². The number of benzene rings is 2. The van der Waals surface area contributed by atoms with Crippen LogP contribution < -0.4 is 0 Å². The molecule has 0 amide bonds. The molecule has 0 heterocycles. The molecule has 2 unspecified atom stereocenters. The number of fused-ring (bicyclic) bond motifs is 5. The molecule has 112 valence electrons. The van der Waals surface area contributed by atoms with Crippen molar-refractivity contribution in [1.29, 1.82) is 0 Å². The Morgan fingerprint density at radius 3 is 2.68 bits per heavy atom. The topological polar surface area (TPSA) is 0 Å². The molecule has 2 aromatic rings. The van der Waals surface area contributed by atoms with E-state index in [9.17, 15) is 0 Å². The Labute approximate surface area is 137 Å². The van der Waals surface area contributed by atoms with Crippen LogP contribution in [-0.2, 0) is 5.41 Å². The van der Waals surface area contributed by atoms with Crippen LogP contribution in [0.1, 0.15) is 43.7 Å². The van der Waals surface area contributed by atoms with Crippen LogP contribution in [0.3, 0.4) is 0 Å². The average molecular weight is 309 g/mol. The Hall–Kier alpha value is -1.53. The first-order chi connectivity index (χ1) is 10.7. The van der Waals surface area contributed by atoms with Crippen molar-refractivity contribution in [2.45, 2.75) is 38.0 Å². The molecular weight excluding hydrogens is 288 g/mol. The zero-order valence-corrected chi connectivity index (χ0v) is 13.8. The molecule has 0 aromatic heterocycles. The maximum atomic E-state index is 6.57. The summed E-state index contributed by atoms with van der Waals surface area (Å²) in [5.41, 5.74) is 6.69. The lowest BCUT2D eigenvalue weighted by Crippen LogP contribution is -2.33. The molecule has 2 aliphatic rings. The largest absolute Gasteiger partial charge is 0.0986 e. The zero-order chi connectivity index (χ0) is 15.3. The van der Waals surface area contributed by atoms with Crippen molar-refractivity contribution < 1.29 is 0 Å². The Balaban J connectivity index is 1.98. The molecule has 0 bridgehead atoms. The molecule has 0 nitrogen and oxygen atoms in total. The molecule has 1 saturated carbocycles. The fourth-order valence-corrected chi connectivity index (χ4v) is 4.87. The number of hydrogen-bond donors (Lipinski definition) is 0. The second kappa shape index (κ2) is 4.99. The summed E-state index contributed by atoms with van der Waals surface area (Å²) in [4.78, 5) is 0. The van der Waals surface area contributed by atoms with E-state index in [0.717, 1.165) is 23.8 Å². The number of rotatable bonds is 1. The summed E-state index contributed by atoms with van der Waals surface area (Å²) in [6.07, 6.45) is 4.82. The van der Waals surface area contributed by atoms with Crippen molar-refractivity contribution >= 4 is 11.6 Å². The lowest BCUT2D eigenvalue weighted by atomic mass is 9.62. The molecule has 22 heavy (non-hydrogen) atoms. The standard InChI is InChI=1S/C21H21Cl/c1-3-15-11-12-21(14(2)13-15)17-8-5-4-7-16(17)20-18(21)9-6-10-19(20)22/h4-10,15H,2-3,11-13H2,1H3. The van der Waals surface area contributed by atoms with Gasteiger partial charge in [0.2, 0.25) is 0 Å². The molecule has 2 aliphatic carbocycles. The summed E-state index contributed by atoms with van der Waals surface area (Å²) in [5, 5.41) is 0.868. The highest BCUT2D eigenvalue weighted by Gasteiger charge is 2.47. The minimum absolute atomic E-state index is 0.0114. The quantitative estimate of drug-likeness (QED) is 0.537. The van der Waals surface area contributed by atoms with Gasteiger partial charge in [0.05, 0.1) is 0 Å². The number of halogens is 1. The smallest absolute Gasteiger partial charge is 0.0487 e. The van der Waals surface area contributed by atoms with E-state index in [1.807, 2.05) is 6.07 Å². The second-order valence-corrected chi connectivity index (χ2v) is 7.14. The third kappa shape index (κ3) is 1.71. The third-order valence-electron chi connectivity index (χ3n) is 5.77. The van der Waals surface area contributed by atoms with Gasteiger partial charge in [-0.15, -0.1) is 0 Å². The lowest BCUT2D eigenvalue weighted by Gasteiger charge is -2.41. The molecule has 4 rings (SSSR count). The van der Waals surface area contributed by atoms with Crippen molar-refractivity contribution in [1.82, 2.24) is 0 Å². The van der Waals surface area contributed by atoms with Gasteiger partial charge in [0.25, 0.3) is 0 Å². The predicted octanol–water partition coefficient (Wildman–Crippen LogP) is 6.37. The zero-order valence-electron chi connectivity index (χ0n) is 13.0. The van der Waals surface area contributed by atoms with Gasteiger partial charge in [-0.3, -0.25) is 0 Å². The summed E-state index contributed by atoms with van der Waals surface area (Å²) in [6, 6.07) is 15.1. The van der Waals surface area contributed by atoms with Gasteiger partial charge in [0.1, 0.15) is 0 Å². The van der Waals surface area contributed by atoms with E-state index in [2.05, 4.69) is 49.9 Å². The van der Waals surface area contributed by atoms with Gasteiger partial charge in [0.15, 0.2) is 0 Å². The van der Waals surface area contributed by atoms with E-state index in [0.29, 0.717) is 0 Å². The summed E-state index contributed by atoms with van der Waals surface area (Å²) < 4.78 is 0. The van der Waals surface area contributed by atoms with Crippen molar-refractivity contribution in [3.8, 4) is 11.1 Å². The predicted molar refractivity (Wildman–Crippen MR) is 94.4 cm³/mol. The van der Waals surface area contributed by atoms with E-state index >= 15 is 0 Å². The Morgan fingerprint density at radius 2 is 1.91 bits per heavy atom. The van der Waals surface area contributed by atoms with Crippen LogP contribution >= 0.6 is 11.6 Å². The SMILES string of the molecule is C=C1CC(CC)CCC12c1ccccc1-c1c(Cl)cccc12. The van der Waals surface area contributed by atoms with E-state index < -0.39 is 0 Å². The molecule has 2 atom stereocenters. The number of hydrogen-bond acceptors (Lipinski definition) is 0. The van der Waals surface area contributed by atoms with Gasteiger partial charge in [-0.1, -0.05) is 73.5 Å². The Bertz CT molecular complexity index is 758. The van der Waals surface area contributed by atoms with E-state index in [4.69, 9.17) is 11.6 Å². The first kappa shape index (κ1) is 14.1. The van der Waals surface area contributed by atoms with Gasteiger partial charge in [-0.25, -0.2) is 0 Å². The van der Waals surface area contributed by atoms with Gasteiger partial charge < -0.3 is 0 Å². The van der Waals surface area contributed by atoms with Gasteiger partial charge in [-0.2, -0.15) is 0 Å². The highest BCUT2D eigenvalue weighted by Crippen LogP contribution is 2.59. The molecule has 0 aliphatic heterocycles. The first-order valence-electron chi connectivity index (χ1n) is 8.25. The van der Waals surface area contributed by atoms with Crippen LogP contribution in [0, 0.1) is 5.92 Å². The normalized spacial score (nSPS) is 26.1. The van der Waals surface area contributed by atoms with Crippen molar-refractivity contribution in [2.24, 2.45) is 5.92 Å². The molecule has 1 spiro atoms. The van der Waals surface area contributed by atoms with Gasteiger partial charge >= 0.3 is 0 Å². The summed E-state index contributed by atoms with van der Waals surface area (Å²) >= 11 is 6.57.